The van der Waals surface area contributed by atoms with Crippen molar-refractivity contribution in [1.29, 1.82) is 0 Å². The predicted octanol–water partition coefficient (Wildman–Crippen LogP) is 33.8. The van der Waals surface area contributed by atoms with E-state index in [1.807, 2.05) is 0 Å². The lowest BCUT2D eigenvalue weighted by atomic mass is 9.87. The highest BCUT2D eigenvalue weighted by Gasteiger charge is 2.26. The molecule has 0 spiro atoms. The molecule has 0 radical (unpaired) electrons. The number of rotatable bonds is 89. The zero-order chi connectivity index (χ0) is 95.8. The van der Waals surface area contributed by atoms with Crippen molar-refractivity contribution < 1.29 is 61.9 Å². The van der Waals surface area contributed by atoms with Gasteiger partial charge in [0.1, 0.15) is 35.2 Å². The molecule has 0 aromatic heterocycles. The molecule has 1 aliphatic rings. The fourth-order valence-electron chi connectivity index (χ4n) is 19.3. The Balaban J connectivity index is 1.75. The number of esters is 4. The second-order valence-corrected chi connectivity index (χ2v) is 39.5. The maximum absolute atomic E-state index is 13.0. The number of unbranched alkanes of at least 4 members (excludes halogenated alkanes) is 56. The molecule has 0 heterocycles. The van der Waals surface area contributed by atoms with Gasteiger partial charge in [0.05, 0.1) is 52.9 Å². The maximum atomic E-state index is 13.0. The van der Waals surface area contributed by atoms with Crippen molar-refractivity contribution >= 4 is 29.7 Å². The zero-order valence-corrected chi connectivity index (χ0v) is 86.6. The second-order valence-electron chi connectivity index (χ2n) is 39.5. The number of fused-ring (bicyclic) bond motifs is 8. The smallest absolute Gasteiger partial charge is 0.330 e. The molecule has 0 N–H and O–H groups in total. The molecule has 756 valence electrons. The number of Topliss-reactive ketones (excluding diaryl/α,β-unsaturated/α-hetero) is 1. The van der Waals surface area contributed by atoms with Crippen LogP contribution in [0.2, 0.25) is 0 Å². The lowest BCUT2D eigenvalue weighted by molar-refractivity contribution is -0.146. The van der Waals surface area contributed by atoms with Gasteiger partial charge in [0.2, 0.25) is 0 Å². The first-order valence-electron chi connectivity index (χ1n) is 56.0. The first-order chi connectivity index (χ1) is 65.8. The highest BCUT2D eigenvalue weighted by atomic mass is 16.5. The molecule has 0 amide bonds. The summed E-state index contributed by atoms with van der Waals surface area (Å²) in [4.78, 5) is 63.4. The molecule has 134 heavy (non-hydrogen) atoms. The van der Waals surface area contributed by atoms with E-state index in [0.717, 1.165) is 167 Å². The van der Waals surface area contributed by atoms with Gasteiger partial charge in [0, 0.05) is 43.9 Å². The Morgan fingerprint density at radius 1 is 0.224 bits per heavy atom. The summed E-state index contributed by atoms with van der Waals surface area (Å²) >= 11 is 0. The first kappa shape index (κ1) is 117. The van der Waals surface area contributed by atoms with Crippen molar-refractivity contribution in [1.82, 2.24) is 0 Å². The van der Waals surface area contributed by atoms with Crippen LogP contribution in [0.3, 0.4) is 0 Å². The van der Waals surface area contributed by atoms with Crippen LogP contribution in [-0.4, -0.2) is 82.5 Å². The minimum Gasteiger partial charge on any atom is -0.493 e. The van der Waals surface area contributed by atoms with Gasteiger partial charge in [0.25, 0.3) is 0 Å². The van der Waals surface area contributed by atoms with Crippen molar-refractivity contribution in [3.05, 3.63) is 153 Å². The lowest BCUT2D eigenvalue weighted by Gasteiger charge is -2.25. The van der Waals surface area contributed by atoms with Crippen molar-refractivity contribution in [2.24, 2.45) is 0 Å². The third-order valence-corrected chi connectivity index (χ3v) is 27.0. The van der Waals surface area contributed by atoms with Crippen molar-refractivity contribution in [3.8, 4) is 23.0 Å². The standard InChI is InChI=1S/C121H194O13/c1-9-16-20-24-28-32-36-40-44-48-52-56-60-64-68-80-131-118-106-89-102(76-72-84-127-114(123)13-5)90-107(118)98-109-92-104(78-74-86-129-116(125)15-7)94-111(120(109)133-82-70-66-62-58-54-50-46-42-38-34-30-26-22-18-11-3)100-113-96-105(79-75-87-130-117(126)88-101(8)122)95-112(121(113)134-83-71-67-63-59-55-51-47-43-39-35-31-27-23-19-12-4)99-110-93-103(77-73-85-128-115(124)14-6)91-108(97-106)119(110)132-81-69-65-61-57-53-49-45-41-37-33-29-25-21-17-10-2/h13-15,89-96H,5-7,9-12,16-88,97-100H2,1-4,8H3. The van der Waals surface area contributed by atoms with Crippen LogP contribution in [-0.2, 0) is 94.3 Å². The van der Waals surface area contributed by atoms with Crippen LogP contribution < -0.4 is 18.9 Å². The van der Waals surface area contributed by atoms with E-state index in [-0.39, 0.29) is 38.6 Å². The number of hydrogen-bond donors (Lipinski definition) is 0. The van der Waals surface area contributed by atoms with E-state index in [1.54, 1.807) is 0 Å². The third-order valence-electron chi connectivity index (χ3n) is 27.0. The molecule has 13 nitrogen and oxygen atoms in total. The van der Waals surface area contributed by atoms with E-state index in [0.29, 0.717) is 103 Å². The van der Waals surface area contributed by atoms with E-state index in [2.05, 4.69) is 96.0 Å². The Morgan fingerprint density at radius 2 is 0.381 bits per heavy atom. The van der Waals surface area contributed by atoms with Gasteiger partial charge in [-0.15, -0.1) is 0 Å². The van der Waals surface area contributed by atoms with Gasteiger partial charge >= 0.3 is 23.9 Å². The molecule has 0 aliphatic heterocycles. The summed E-state index contributed by atoms with van der Waals surface area (Å²) < 4.78 is 53.2. The van der Waals surface area contributed by atoms with Crippen molar-refractivity contribution in [2.75, 3.05) is 52.9 Å². The fraction of sp³-hybridized carbons (Fsp3) is 0.711. The van der Waals surface area contributed by atoms with Crippen molar-refractivity contribution in [3.63, 3.8) is 0 Å². The number of carbonyl (C=O) groups is 5. The normalized spacial score (nSPS) is 11.8. The summed E-state index contributed by atoms with van der Waals surface area (Å²) in [6, 6.07) is 18.7. The Hall–Kier alpha value is -7.15. The quantitative estimate of drug-likeness (QED) is 0.0119. The molecule has 0 fully saturated rings. The average Bonchev–Trinajstić information content (AvgIpc) is 0.771. The van der Waals surface area contributed by atoms with Crippen LogP contribution in [0.5, 0.6) is 23.0 Å². The minimum absolute atomic E-state index is 0.166. The summed E-state index contributed by atoms with van der Waals surface area (Å²) in [5, 5.41) is 0. The average molecular weight is 1860 g/mol. The van der Waals surface area contributed by atoms with Crippen LogP contribution >= 0.6 is 0 Å². The Morgan fingerprint density at radius 3 is 0.537 bits per heavy atom. The van der Waals surface area contributed by atoms with Gasteiger partial charge in [-0.2, -0.15) is 0 Å². The topological polar surface area (TPSA) is 159 Å². The predicted molar refractivity (Wildman–Crippen MR) is 562 cm³/mol. The van der Waals surface area contributed by atoms with Crippen LogP contribution in [0.25, 0.3) is 0 Å². The van der Waals surface area contributed by atoms with E-state index in [9.17, 15) is 24.0 Å². The molecule has 5 rings (SSSR count). The van der Waals surface area contributed by atoms with E-state index < -0.39 is 23.9 Å². The summed E-state index contributed by atoms with van der Waals surface area (Å²) in [5.41, 5.74) is 12.8. The van der Waals surface area contributed by atoms with Gasteiger partial charge < -0.3 is 37.9 Å². The Bertz CT molecular complexity index is 3570. The SMILES string of the molecule is C=CC(=O)OCCCc1cc2c(OCCCCCCCCCCCCCCCCC)c(c1)Cc1cc(CCCOC(=O)C=C)cc(c1OCCCCCCCCCCCCCCCCC)Cc1cc(CCCOC(=O)CC(C)=O)cc(c1OCCCCCCCCCCCCCCCCC)Cc1cc(CCCOC(=O)C=C)cc(c1OCCCCCCCCCCCCCCCCC)C2. The monoisotopic (exact) mass is 1860 g/mol. The molecular weight excluding hydrogens is 1660 g/mol. The number of ether oxygens (including phenoxy) is 8. The van der Waals surface area contributed by atoms with E-state index in [4.69, 9.17) is 37.9 Å². The molecule has 0 atom stereocenters. The lowest BCUT2D eigenvalue weighted by Crippen LogP contribution is -2.13. The molecule has 0 saturated carbocycles. The van der Waals surface area contributed by atoms with E-state index in [1.165, 1.54) is 333 Å². The molecule has 8 bridgehead atoms. The summed E-state index contributed by atoms with van der Waals surface area (Å²) in [6.07, 6.45) is 86.3. The van der Waals surface area contributed by atoms with Crippen LogP contribution in [0.1, 0.15) is 519 Å². The number of benzene rings is 4. The van der Waals surface area contributed by atoms with Gasteiger partial charge in [-0.05, 0) is 151 Å². The molecule has 0 saturated heterocycles. The number of carbonyl (C=O) groups excluding carboxylic acids is 5. The van der Waals surface area contributed by atoms with Crippen LogP contribution in [0, 0.1) is 0 Å². The zero-order valence-electron chi connectivity index (χ0n) is 86.6. The Labute approximate surface area is 819 Å². The molecule has 4 aromatic carbocycles. The van der Waals surface area contributed by atoms with E-state index >= 15 is 0 Å². The summed E-state index contributed by atoms with van der Waals surface area (Å²) in [7, 11) is 0. The largest absolute Gasteiger partial charge is 0.493 e. The summed E-state index contributed by atoms with van der Waals surface area (Å²) in [5.74, 6) is 1.39. The van der Waals surface area contributed by atoms with Crippen LogP contribution in [0.4, 0.5) is 0 Å². The first-order valence-corrected chi connectivity index (χ1v) is 56.0. The Kier molecular flexibility index (Phi) is 70.7. The number of aryl methyl sites for hydroxylation is 4. The molecule has 1 aliphatic carbocycles. The fourth-order valence-corrected chi connectivity index (χ4v) is 19.3. The molecule has 0 unspecified atom stereocenters. The molecule has 4 aromatic rings. The van der Waals surface area contributed by atoms with Gasteiger partial charge in [0.15, 0.2) is 0 Å². The molecular formula is C121H194O13. The van der Waals surface area contributed by atoms with Gasteiger partial charge in [-0.25, -0.2) is 14.4 Å². The molecule has 13 heteroatoms. The summed E-state index contributed by atoms with van der Waals surface area (Å²) in [6.45, 7) is 24.8. The van der Waals surface area contributed by atoms with Crippen LogP contribution in [0.15, 0.2) is 86.5 Å². The van der Waals surface area contributed by atoms with Crippen molar-refractivity contribution in [2.45, 2.75) is 503 Å². The maximum Gasteiger partial charge on any atom is 0.330 e. The second kappa shape index (κ2) is 80.8. The minimum atomic E-state index is -0.514. The van der Waals surface area contributed by atoms with Gasteiger partial charge in [-0.3, -0.25) is 9.59 Å². The van der Waals surface area contributed by atoms with Gasteiger partial charge in [-0.1, -0.05) is 456 Å². The highest BCUT2D eigenvalue weighted by Crippen LogP contribution is 2.43. The third kappa shape index (κ3) is 57.3. The number of ketones is 1. The highest BCUT2D eigenvalue weighted by molar-refractivity contribution is 5.94. The number of hydrogen-bond acceptors (Lipinski definition) is 13.